The molecule has 3 heterocycles. The van der Waals surface area contributed by atoms with Crippen LogP contribution in [0.2, 0.25) is 5.15 Å². The van der Waals surface area contributed by atoms with Gasteiger partial charge in [0.1, 0.15) is 23.2 Å². The van der Waals surface area contributed by atoms with E-state index in [9.17, 15) is 5.11 Å². The molecule has 3 aromatic rings. The number of benzene rings is 1. The molecule has 0 spiro atoms. The molecule has 11 heteroatoms. The van der Waals surface area contributed by atoms with Crippen LogP contribution >= 0.6 is 11.6 Å². The Labute approximate surface area is 203 Å². The summed E-state index contributed by atoms with van der Waals surface area (Å²) >= 11 is 6.07. The van der Waals surface area contributed by atoms with E-state index in [0.29, 0.717) is 30.2 Å². The number of anilines is 1. The minimum atomic E-state index is -1.02. The quantitative estimate of drug-likeness (QED) is 0.324. The molecule has 34 heavy (non-hydrogen) atoms. The summed E-state index contributed by atoms with van der Waals surface area (Å²) in [5, 5.41) is 15.0. The number of hydrogen-bond acceptors (Lipinski definition) is 9. The zero-order chi connectivity index (χ0) is 23.9. The highest BCUT2D eigenvalue weighted by molar-refractivity contribution is 6.29. The maximum Gasteiger partial charge on any atom is 0.222 e. The number of aryl methyl sites for hydroxylation is 1. The van der Waals surface area contributed by atoms with Crippen molar-refractivity contribution < 1.29 is 19.3 Å². The molecule has 0 bridgehead atoms. The fourth-order valence-electron chi connectivity index (χ4n) is 3.79. The predicted molar refractivity (Wildman–Crippen MR) is 128 cm³/mol. The van der Waals surface area contributed by atoms with Crippen LogP contribution < -0.4 is 10.5 Å². The van der Waals surface area contributed by atoms with E-state index in [1.165, 1.54) is 0 Å². The van der Waals surface area contributed by atoms with Crippen LogP contribution in [0.3, 0.4) is 0 Å². The zero-order valence-corrected chi connectivity index (χ0v) is 19.8. The number of nitrogens with two attached hydrogens (primary N) is 1. The predicted octanol–water partition coefficient (Wildman–Crippen LogP) is 1.75. The van der Waals surface area contributed by atoms with E-state index in [4.69, 9.17) is 31.5 Å². The maximum absolute atomic E-state index is 10.2. The second-order valence-electron chi connectivity index (χ2n) is 7.99. The summed E-state index contributed by atoms with van der Waals surface area (Å²) < 4.78 is 18.5. The number of ether oxygens (including phenoxy) is 3. The number of hydrogen-bond donors (Lipinski definition) is 2. The molecule has 1 saturated heterocycles. The van der Waals surface area contributed by atoms with Crippen molar-refractivity contribution in [1.29, 1.82) is 0 Å². The lowest BCUT2D eigenvalue weighted by molar-refractivity contribution is -0.124. The van der Waals surface area contributed by atoms with Crippen LogP contribution in [-0.4, -0.2) is 82.1 Å². The summed E-state index contributed by atoms with van der Waals surface area (Å²) in [6, 6.07) is 9.30. The highest BCUT2D eigenvalue weighted by Gasteiger charge is 2.17. The molecule has 182 valence electrons. The van der Waals surface area contributed by atoms with Gasteiger partial charge in [-0.15, -0.1) is 0 Å². The Morgan fingerprint density at radius 2 is 2.00 bits per heavy atom. The van der Waals surface area contributed by atoms with Gasteiger partial charge >= 0.3 is 0 Å². The van der Waals surface area contributed by atoms with E-state index in [0.717, 1.165) is 44.0 Å². The number of aliphatic hydroxyl groups excluding tert-OH is 1. The molecule has 2 aromatic heterocycles. The van der Waals surface area contributed by atoms with Crippen LogP contribution in [0.4, 0.5) is 5.95 Å². The number of para-hydroxylation sites is 1. The second kappa shape index (κ2) is 11.6. The Bertz CT molecular complexity index is 1070. The molecular formula is C23H29ClN6O4. The van der Waals surface area contributed by atoms with Crippen LogP contribution in [0.1, 0.15) is 11.1 Å². The third-order valence-electron chi connectivity index (χ3n) is 5.42. The van der Waals surface area contributed by atoms with Gasteiger partial charge in [0.25, 0.3) is 0 Å². The van der Waals surface area contributed by atoms with Gasteiger partial charge in [0, 0.05) is 50.9 Å². The SMILES string of the molecule is Cn1cc(Cc2ccccc2OCC(O)OCCN2CCOCC2)c(-c2cc(Cl)nc(N)n2)n1. The molecule has 0 aliphatic carbocycles. The fourth-order valence-corrected chi connectivity index (χ4v) is 3.98. The summed E-state index contributed by atoms with van der Waals surface area (Å²) in [7, 11) is 1.84. The lowest BCUT2D eigenvalue weighted by atomic mass is 10.0. The molecule has 4 rings (SSSR count). The van der Waals surface area contributed by atoms with E-state index < -0.39 is 6.29 Å². The average molecular weight is 489 g/mol. The Balaban J connectivity index is 1.38. The molecule has 1 aliphatic rings. The third-order valence-corrected chi connectivity index (χ3v) is 5.61. The Kier molecular flexibility index (Phi) is 8.30. The first-order valence-corrected chi connectivity index (χ1v) is 11.5. The molecular weight excluding hydrogens is 460 g/mol. The molecule has 0 radical (unpaired) electrons. The number of halogens is 1. The normalized spacial score (nSPS) is 15.4. The molecule has 0 amide bonds. The van der Waals surface area contributed by atoms with E-state index in [2.05, 4.69) is 20.0 Å². The summed E-state index contributed by atoms with van der Waals surface area (Å²) in [6.45, 7) is 4.44. The molecule has 1 atom stereocenters. The van der Waals surface area contributed by atoms with Crippen LogP contribution in [0.25, 0.3) is 11.4 Å². The third kappa shape index (κ3) is 6.64. The highest BCUT2D eigenvalue weighted by Crippen LogP contribution is 2.28. The smallest absolute Gasteiger partial charge is 0.222 e. The van der Waals surface area contributed by atoms with Crippen molar-refractivity contribution in [2.75, 3.05) is 51.8 Å². The Morgan fingerprint density at radius 3 is 2.79 bits per heavy atom. The summed E-state index contributed by atoms with van der Waals surface area (Å²) in [4.78, 5) is 10.4. The van der Waals surface area contributed by atoms with E-state index in [1.54, 1.807) is 10.7 Å². The van der Waals surface area contributed by atoms with Crippen LogP contribution in [0, 0.1) is 0 Å². The number of nitrogens with zero attached hydrogens (tertiary/aromatic N) is 5. The maximum atomic E-state index is 10.2. The van der Waals surface area contributed by atoms with Crippen molar-refractivity contribution in [2.24, 2.45) is 7.05 Å². The van der Waals surface area contributed by atoms with Crippen LogP contribution in [-0.2, 0) is 22.9 Å². The number of nitrogen functional groups attached to an aromatic ring is 1. The topological polar surface area (TPSA) is 121 Å². The standard InChI is InChI=1S/C23H29ClN6O4/c1-29-14-17(22(28-29)18-13-20(24)27-23(25)26-18)12-16-4-2-3-5-19(16)34-15-21(31)33-11-8-30-6-9-32-10-7-30/h2-5,13-14,21,31H,6-12,15H2,1H3,(H2,25,26,27). The van der Waals surface area contributed by atoms with Gasteiger partial charge in [0.15, 0.2) is 6.29 Å². The Morgan fingerprint density at radius 1 is 1.21 bits per heavy atom. The minimum absolute atomic E-state index is 0.0259. The Hall–Kier alpha value is -2.76. The van der Waals surface area contributed by atoms with Gasteiger partial charge in [-0.25, -0.2) is 9.97 Å². The van der Waals surface area contributed by atoms with Crippen molar-refractivity contribution in [3.05, 3.63) is 52.8 Å². The molecule has 3 N–H and O–H groups in total. The number of morpholine rings is 1. The van der Waals surface area contributed by atoms with Gasteiger partial charge in [-0.1, -0.05) is 29.8 Å². The van der Waals surface area contributed by atoms with Crippen molar-refractivity contribution >= 4 is 17.5 Å². The molecule has 0 saturated carbocycles. The van der Waals surface area contributed by atoms with Crippen molar-refractivity contribution in [3.63, 3.8) is 0 Å². The zero-order valence-electron chi connectivity index (χ0n) is 19.1. The first-order chi connectivity index (χ1) is 16.5. The van der Waals surface area contributed by atoms with E-state index >= 15 is 0 Å². The van der Waals surface area contributed by atoms with Crippen LogP contribution in [0.5, 0.6) is 5.75 Å². The van der Waals surface area contributed by atoms with Gasteiger partial charge in [-0.3, -0.25) is 9.58 Å². The van der Waals surface area contributed by atoms with Crippen molar-refractivity contribution in [2.45, 2.75) is 12.7 Å². The second-order valence-corrected chi connectivity index (χ2v) is 8.37. The number of aliphatic hydroxyl groups is 1. The van der Waals surface area contributed by atoms with Gasteiger partial charge in [0.05, 0.1) is 25.5 Å². The van der Waals surface area contributed by atoms with E-state index in [1.807, 2.05) is 37.5 Å². The van der Waals surface area contributed by atoms with Gasteiger partial charge < -0.3 is 25.1 Å². The van der Waals surface area contributed by atoms with Gasteiger partial charge in [0.2, 0.25) is 5.95 Å². The largest absolute Gasteiger partial charge is 0.488 e. The monoisotopic (exact) mass is 488 g/mol. The first-order valence-electron chi connectivity index (χ1n) is 11.1. The average Bonchev–Trinajstić information content (AvgIpc) is 3.18. The fraction of sp³-hybridized carbons (Fsp3) is 0.435. The molecule has 1 aromatic carbocycles. The number of rotatable bonds is 10. The number of aromatic nitrogens is 4. The summed E-state index contributed by atoms with van der Waals surface area (Å²) in [6.07, 6.45) is 1.44. The minimum Gasteiger partial charge on any atom is -0.488 e. The molecule has 1 aliphatic heterocycles. The van der Waals surface area contributed by atoms with Gasteiger partial charge in [-0.2, -0.15) is 5.10 Å². The lowest BCUT2D eigenvalue weighted by Gasteiger charge is -2.26. The molecule has 10 nitrogen and oxygen atoms in total. The summed E-state index contributed by atoms with van der Waals surface area (Å²) in [5.41, 5.74) is 8.85. The van der Waals surface area contributed by atoms with Crippen molar-refractivity contribution in [3.8, 4) is 17.1 Å². The van der Waals surface area contributed by atoms with Gasteiger partial charge in [-0.05, 0) is 11.6 Å². The molecule has 1 unspecified atom stereocenters. The van der Waals surface area contributed by atoms with Crippen molar-refractivity contribution in [1.82, 2.24) is 24.6 Å². The first kappa shape index (κ1) is 24.4. The molecule has 1 fully saturated rings. The lowest BCUT2D eigenvalue weighted by Crippen LogP contribution is -2.39. The van der Waals surface area contributed by atoms with E-state index in [-0.39, 0.29) is 17.7 Å². The summed E-state index contributed by atoms with van der Waals surface area (Å²) in [5.74, 6) is 0.749. The van der Waals surface area contributed by atoms with Crippen LogP contribution in [0.15, 0.2) is 36.5 Å². The highest BCUT2D eigenvalue weighted by atomic mass is 35.5.